The Bertz CT molecular complexity index is 1530. The third-order valence-corrected chi connectivity index (χ3v) is 7.35. The Morgan fingerprint density at radius 3 is 2.50 bits per heavy atom. The van der Waals surface area contributed by atoms with Gasteiger partial charge in [-0.1, -0.05) is 18.9 Å². The summed E-state index contributed by atoms with van der Waals surface area (Å²) in [6.07, 6.45) is 8.78. The molecule has 9 nitrogen and oxygen atoms in total. The van der Waals surface area contributed by atoms with Crippen molar-refractivity contribution in [3.8, 4) is 22.5 Å². The molecule has 11 heteroatoms. The van der Waals surface area contributed by atoms with E-state index >= 15 is 0 Å². The van der Waals surface area contributed by atoms with Crippen LogP contribution in [-0.2, 0) is 0 Å². The topological polar surface area (TPSA) is 87.4 Å². The maximum absolute atomic E-state index is 13.3. The van der Waals surface area contributed by atoms with Crippen LogP contribution in [0.25, 0.3) is 28.2 Å². The minimum atomic E-state index is -0.506. The van der Waals surface area contributed by atoms with E-state index in [0.717, 1.165) is 71.6 Å². The van der Waals surface area contributed by atoms with Crippen LogP contribution in [0.2, 0.25) is 0 Å². The van der Waals surface area contributed by atoms with Crippen molar-refractivity contribution in [2.75, 3.05) is 42.1 Å². The van der Waals surface area contributed by atoms with Gasteiger partial charge in [-0.05, 0) is 42.5 Å². The lowest BCUT2D eigenvalue weighted by atomic mass is 10.1. The lowest BCUT2D eigenvalue weighted by Crippen LogP contribution is -2.43. The number of hydrogen-bond acceptors (Lipinski definition) is 9. The quantitative estimate of drug-likeness (QED) is 0.234. The number of pyridine rings is 3. The highest BCUT2D eigenvalue weighted by molar-refractivity contribution is 7.96. The molecule has 1 N–H and O–H groups in total. The molecule has 38 heavy (non-hydrogen) atoms. The number of aromatic nitrogens is 6. The highest BCUT2D eigenvalue weighted by Gasteiger charge is 2.18. The summed E-state index contributed by atoms with van der Waals surface area (Å²) in [5.74, 6) is 2.04. The lowest BCUT2D eigenvalue weighted by molar-refractivity contribution is 0.428. The van der Waals surface area contributed by atoms with Gasteiger partial charge in [-0.15, -0.1) is 0 Å². The number of nitrogens with one attached hydrogen (secondary N) is 1. The first kappa shape index (κ1) is 24.3. The molecule has 1 aliphatic rings. The molecule has 6 heterocycles. The Kier molecular flexibility index (Phi) is 6.84. The SMILES string of the molecule is CCSN1CCN(c2ccc(Nc3nccc(-c4cnc5ccc(-c6ccc(F)nc6)cn45)n3)cn2)CC1. The van der Waals surface area contributed by atoms with Gasteiger partial charge in [-0.3, -0.25) is 4.40 Å². The summed E-state index contributed by atoms with van der Waals surface area (Å²) < 4.78 is 17.6. The molecule has 0 aliphatic carbocycles. The lowest BCUT2D eigenvalue weighted by Gasteiger charge is -2.34. The van der Waals surface area contributed by atoms with Crippen LogP contribution in [-0.4, -0.2) is 65.6 Å². The molecule has 0 radical (unpaired) electrons. The molecule has 1 aliphatic heterocycles. The number of rotatable bonds is 7. The van der Waals surface area contributed by atoms with Crippen molar-refractivity contribution in [1.29, 1.82) is 0 Å². The van der Waals surface area contributed by atoms with Crippen LogP contribution >= 0.6 is 11.9 Å². The van der Waals surface area contributed by atoms with E-state index in [1.54, 1.807) is 18.5 Å². The zero-order chi connectivity index (χ0) is 25.9. The van der Waals surface area contributed by atoms with Crippen molar-refractivity contribution in [3.63, 3.8) is 0 Å². The van der Waals surface area contributed by atoms with Crippen LogP contribution in [0.4, 0.5) is 21.8 Å². The fourth-order valence-corrected chi connectivity index (χ4v) is 5.24. The van der Waals surface area contributed by atoms with Crippen LogP contribution in [0, 0.1) is 5.95 Å². The zero-order valence-electron chi connectivity index (χ0n) is 20.8. The predicted molar refractivity (Wildman–Crippen MR) is 149 cm³/mol. The molecule has 6 rings (SSSR count). The smallest absolute Gasteiger partial charge is 0.227 e. The second kappa shape index (κ2) is 10.7. The first-order valence-electron chi connectivity index (χ1n) is 12.4. The molecule has 0 saturated carbocycles. The van der Waals surface area contributed by atoms with Crippen molar-refractivity contribution in [1.82, 2.24) is 33.6 Å². The molecule has 0 unspecified atom stereocenters. The van der Waals surface area contributed by atoms with Crippen LogP contribution in [0.1, 0.15) is 6.92 Å². The summed E-state index contributed by atoms with van der Waals surface area (Å²) in [4.78, 5) is 24.4. The van der Waals surface area contributed by atoms with E-state index in [1.807, 2.05) is 59.1 Å². The number of hydrogen-bond donors (Lipinski definition) is 1. The van der Waals surface area contributed by atoms with Gasteiger partial charge in [0.1, 0.15) is 11.5 Å². The van der Waals surface area contributed by atoms with Crippen molar-refractivity contribution in [2.24, 2.45) is 0 Å². The molecule has 192 valence electrons. The molecule has 1 saturated heterocycles. The van der Waals surface area contributed by atoms with Gasteiger partial charge in [0.05, 0.1) is 29.5 Å². The van der Waals surface area contributed by atoms with Gasteiger partial charge < -0.3 is 10.2 Å². The summed E-state index contributed by atoms with van der Waals surface area (Å²) in [5.41, 5.74) is 4.84. The predicted octanol–water partition coefficient (Wildman–Crippen LogP) is 4.92. The van der Waals surface area contributed by atoms with E-state index in [9.17, 15) is 4.39 Å². The van der Waals surface area contributed by atoms with E-state index in [4.69, 9.17) is 4.98 Å². The fraction of sp³-hybridized carbons (Fsp3) is 0.222. The largest absolute Gasteiger partial charge is 0.354 e. The van der Waals surface area contributed by atoms with E-state index in [0.29, 0.717) is 5.95 Å². The second-order valence-electron chi connectivity index (χ2n) is 8.79. The molecule has 0 aromatic carbocycles. The van der Waals surface area contributed by atoms with Crippen molar-refractivity contribution in [3.05, 3.63) is 79.4 Å². The molecular formula is C27H26FN9S. The third kappa shape index (κ3) is 5.15. The molecule has 0 amide bonds. The van der Waals surface area contributed by atoms with Crippen LogP contribution in [0.5, 0.6) is 0 Å². The van der Waals surface area contributed by atoms with Gasteiger partial charge in [0.2, 0.25) is 11.9 Å². The highest BCUT2D eigenvalue weighted by atomic mass is 32.2. The molecule has 0 spiro atoms. The Morgan fingerprint density at radius 2 is 1.74 bits per heavy atom. The average Bonchev–Trinajstić information content (AvgIpc) is 3.38. The molecule has 0 bridgehead atoms. The van der Waals surface area contributed by atoms with Gasteiger partial charge in [-0.2, -0.15) is 4.39 Å². The minimum absolute atomic E-state index is 0.469. The van der Waals surface area contributed by atoms with Crippen molar-refractivity contribution < 1.29 is 4.39 Å². The van der Waals surface area contributed by atoms with E-state index in [-0.39, 0.29) is 0 Å². The Balaban J connectivity index is 1.19. The highest BCUT2D eigenvalue weighted by Crippen LogP contribution is 2.25. The van der Waals surface area contributed by atoms with Gasteiger partial charge in [0, 0.05) is 61.6 Å². The number of halogens is 1. The first-order valence-corrected chi connectivity index (χ1v) is 13.4. The van der Waals surface area contributed by atoms with Crippen LogP contribution in [0.3, 0.4) is 0 Å². The second-order valence-corrected chi connectivity index (χ2v) is 10.1. The maximum Gasteiger partial charge on any atom is 0.227 e. The molecular weight excluding hydrogens is 501 g/mol. The number of piperazine rings is 1. The number of anilines is 3. The van der Waals surface area contributed by atoms with Crippen LogP contribution in [0.15, 0.2) is 73.4 Å². The van der Waals surface area contributed by atoms with Gasteiger partial charge in [-0.25, -0.2) is 29.2 Å². The molecule has 5 aromatic heterocycles. The number of nitrogens with zero attached hydrogens (tertiary/aromatic N) is 8. The minimum Gasteiger partial charge on any atom is -0.354 e. The Hall–Kier alpha value is -4.09. The Morgan fingerprint density at radius 1 is 0.868 bits per heavy atom. The van der Waals surface area contributed by atoms with Crippen molar-refractivity contribution in [2.45, 2.75) is 6.92 Å². The number of imidazole rings is 1. The molecule has 5 aromatic rings. The zero-order valence-corrected chi connectivity index (χ0v) is 21.6. The summed E-state index contributed by atoms with van der Waals surface area (Å²) in [7, 11) is 0. The van der Waals surface area contributed by atoms with E-state index in [1.165, 1.54) is 12.3 Å². The standard InChI is InChI=1S/C27H26FN9S/c1-2-38-36-13-11-35(12-14-36)25-8-5-21(16-31-25)33-27-29-10-9-22(34-27)23-17-32-26-7-4-20(18-37(23)26)19-3-6-24(28)30-15-19/h3-10,15-18H,2,11-14H2,1H3,(H,29,33,34). The Labute approximate surface area is 223 Å². The summed E-state index contributed by atoms with van der Waals surface area (Å²) >= 11 is 1.90. The van der Waals surface area contributed by atoms with Gasteiger partial charge in [0.25, 0.3) is 0 Å². The molecule has 0 atom stereocenters. The molecule has 1 fully saturated rings. The van der Waals surface area contributed by atoms with E-state index < -0.39 is 5.95 Å². The van der Waals surface area contributed by atoms with Gasteiger partial charge >= 0.3 is 0 Å². The number of fused-ring (bicyclic) bond motifs is 1. The summed E-state index contributed by atoms with van der Waals surface area (Å²) in [5, 5.41) is 3.26. The van der Waals surface area contributed by atoms with Crippen molar-refractivity contribution >= 4 is 35.0 Å². The summed E-state index contributed by atoms with van der Waals surface area (Å²) in [6.45, 7) is 6.19. The summed E-state index contributed by atoms with van der Waals surface area (Å²) in [6, 6.07) is 12.8. The normalized spacial score (nSPS) is 14.2. The third-order valence-electron chi connectivity index (χ3n) is 6.36. The van der Waals surface area contributed by atoms with Gasteiger partial charge in [0.15, 0.2) is 0 Å². The fourth-order valence-electron chi connectivity index (χ4n) is 4.45. The first-order chi connectivity index (χ1) is 18.7. The van der Waals surface area contributed by atoms with Crippen LogP contribution < -0.4 is 10.2 Å². The average molecular weight is 528 g/mol. The van der Waals surface area contributed by atoms with E-state index in [2.05, 4.69) is 41.4 Å². The monoisotopic (exact) mass is 527 g/mol. The maximum atomic E-state index is 13.3.